The summed E-state index contributed by atoms with van der Waals surface area (Å²) in [5.74, 6) is 0.598. The number of nitrogens with zero attached hydrogens (tertiary/aromatic N) is 4. The Balaban J connectivity index is 2.09. The lowest BCUT2D eigenvalue weighted by Gasteiger charge is -2.26. The maximum absolute atomic E-state index is 12.0. The quantitative estimate of drug-likeness (QED) is 0.633. The van der Waals surface area contributed by atoms with Gasteiger partial charge in [-0.05, 0) is 0 Å². The molecule has 1 amide bonds. The maximum atomic E-state index is 12.0. The van der Waals surface area contributed by atoms with Crippen LogP contribution in [0.3, 0.4) is 0 Å². The van der Waals surface area contributed by atoms with Crippen LogP contribution >= 0.6 is 0 Å². The van der Waals surface area contributed by atoms with E-state index in [0.29, 0.717) is 0 Å². The van der Waals surface area contributed by atoms with Crippen molar-refractivity contribution in [1.29, 1.82) is 0 Å². The largest absolute Gasteiger partial charge is 0.480 e. The molecule has 0 bridgehead atoms. The van der Waals surface area contributed by atoms with Crippen LogP contribution in [0.4, 0.5) is 0 Å². The van der Waals surface area contributed by atoms with Gasteiger partial charge in [0, 0.05) is 13.1 Å². The maximum Gasteiger partial charge on any atom is 0.323 e. The summed E-state index contributed by atoms with van der Waals surface area (Å²) in [6.45, 7) is 1.02. The number of hydrogen-bond donors (Lipinski definition) is 2. The van der Waals surface area contributed by atoms with Crippen molar-refractivity contribution >= 4 is 11.9 Å². The van der Waals surface area contributed by atoms with E-state index in [9.17, 15) is 9.59 Å². The van der Waals surface area contributed by atoms with Crippen LogP contribution < -0.4 is 5.32 Å². The van der Waals surface area contributed by atoms with Crippen LogP contribution in [0.15, 0.2) is 6.20 Å². The molecule has 19 heavy (non-hydrogen) atoms. The number of carbonyl (C=O) groups excluding carboxylic acids is 1. The van der Waals surface area contributed by atoms with E-state index >= 15 is 0 Å². The molecule has 0 aromatic carbocycles. The first-order chi connectivity index (χ1) is 9.11. The molecule has 0 spiro atoms. The number of terminal acetylenes is 1. The van der Waals surface area contributed by atoms with Crippen LogP contribution in [0.2, 0.25) is 0 Å². The topological polar surface area (TPSA) is 100 Å². The third kappa shape index (κ3) is 2.89. The first-order valence-corrected chi connectivity index (χ1v) is 5.69. The summed E-state index contributed by atoms with van der Waals surface area (Å²) in [5, 5.41) is 19.4. The Bertz CT molecular complexity index is 529. The molecule has 2 rings (SSSR count). The molecule has 0 atom stereocenters. The number of aliphatic carboxylic acids is 1. The van der Waals surface area contributed by atoms with E-state index in [1.807, 2.05) is 0 Å². The van der Waals surface area contributed by atoms with Gasteiger partial charge in [0.1, 0.15) is 6.54 Å². The molecule has 1 saturated heterocycles. The monoisotopic (exact) mass is 263 g/mol. The zero-order valence-corrected chi connectivity index (χ0v) is 10.1. The Kier molecular flexibility index (Phi) is 3.77. The van der Waals surface area contributed by atoms with E-state index < -0.39 is 18.4 Å². The van der Waals surface area contributed by atoms with Gasteiger partial charge in [-0.25, -0.2) is 4.68 Å². The average Bonchev–Trinajstić information content (AvgIpc) is 2.74. The first kappa shape index (κ1) is 13.0. The van der Waals surface area contributed by atoms with E-state index in [4.69, 9.17) is 11.5 Å². The smallest absolute Gasteiger partial charge is 0.323 e. The van der Waals surface area contributed by atoms with Gasteiger partial charge in [0.05, 0.1) is 18.8 Å². The predicted octanol–water partition coefficient (Wildman–Crippen LogP) is -1.42. The minimum absolute atomic E-state index is 0.0804. The highest BCUT2D eigenvalue weighted by Gasteiger charge is 2.24. The van der Waals surface area contributed by atoms with E-state index in [2.05, 4.69) is 21.5 Å². The normalized spacial score (nSPS) is 14.5. The van der Waals surface area contributed by atoms with Gasteiger partial charge < -0.3 is 15.3 Å². The fourth-order valence-corrected chi connectivity index (χ4v) is 1.65. The van der Waals surface area contributed by atoms with Crippen LogP contribution in [-0.2, 0) is 4.79 Å². The van der Waals surface area contributed by atoms with E-state index in [0.717, 1.165) is 18.0 Å². The van der Waals surface area contributed by atoms with Crippen LogP contribution in [0.1, 0.15) is 16.5 Å². The average molecular weight is 263 g/mol. The standard InChI is InChI=1S/C11H13N5O3/c1-2-3-15(7-10(17)18)11(19)9-6-16(14-13-9)8-4-12-5-8/h1,6,8,12H,3-5,7H2,(H,17,18). The second-order valence-corrected chi connectivity index (χ2v) is 4.15. The fourth-order valence-electron chi connectivity index (χ4n) is 1.65. The van der Waals surface area contributed by atoms with E-state index in [1.165, 1.54) is 6.20 Å². The van der Waals surface area contributed by atoms with Crippen molar-refractivity contribution in [3.05, 3.63) is 11.9 Å². The second kappa shape index (κ2) is 5.49. The van der Waals surface area contributed by atoms with Gasteiger partial charge in [-0.2, -0.15) is 0 Å². The highest BCUT2D eigenvalue weighted by Crippen LogP contribution is 2.10. The van der Waals surface area contributed by atoms with Crippen molar-refractivity contribution in [1.82, 2.24) is 25.2 Å². The lowest BCUT2D eigenvalue weighted by atomic mass is 10.2. The van der Waals surface area contributed by atoms with Crippen molar-refractivity contribution in [2.45, 2.75) is 6.04 Å². The number of hydrogen-bond acceptors (Lipinski definition) is 5. The zero-order chi connectivity index (χ0) is 13.8. The minimum atomic E-state index is -1.13. The number of carbonyl (C=O) groups is 2. The Morgan fingerprint density at radius 3 is 2.89 bits per heavy atom. The van der Waals surface area contributed by atoms with Gasteiger partial charge >= 0.3 is 5.97 Å². The van der Waals surface area contributed by atoms with Gasteiger partial charge in [0.25, 0.3) is 5.91 Å². The molecule has 2 N–H and O–H groups in total. The first-order valence-electron chi connectivity index (χ1n) is 5.69. The molecule has 1 fully saturated rings. The van der Waals surface area contributed by atoms with E-state index in [-0.39, 0.29) is 18.3 Å². The predicted molar refractivity (Wildman–Crippen MR) is 64.3 cm³/mol. The Morgan fingerprint density at radius 2 is 2.37 bits per heavy atom. The summed E-state index contributed by atoms with van der Waals surface area (Å²) in [7, 11) is 0. The molecule has 1 aromatic rings. The van der Waals surface area contributed by atoms with Crippen molar-refractivity contribution < 1.29 is 14.7 Å². The Labute approximate surface area is 109 Å². The SMILES string of the molecule is C#CCN(CC(=O)O)C(=O)c1cn(C2CNC2)nn1. The number of carboxylic acid groups (broad SMARTS) is 1. The molecular weight excluding hydrogens is 250 g/mol. The molecule has 8 heteroatoms. The van der Waals surface area contributed by atoms with Crippen molar-refractivity contribution in [2.24, 2.45) is 0 Å². The summed E-state index contributed by atoms with van der Waals surface area (Å²) >= 11 is 0. The van der Waals surface area contributed by atoms with Crippen LogP contribution in [0.25, 0.3) is 0 Å². The number of carboxylic acids is 1. The van der Waals surface area contributed by atoms with Gasteiger partial charge in [0.15, 0.2) is 5.69 Å². The van der Waals surface area contributed by atoms with Gasteiger partial charge in [-0.15, -0.1) is 11.5 Å². The zero-order valence-electron chi connectivity index (χ0n) is 10.1. The molecule has 0 saturated carbocycles. The third-order valence-electron chi connectivity index (χ3n) is 2.76. The molecule has 0 radical (unpaired) electrons. The molecule has 1 aliphatic rings. The fraction of sp³-hybridized carbons (Fsp3) is 0.455. The summed E-state index contributed by atoms with van der Waals surface area (Å²) < 4.78 is 1.60. The number of amides is 1. The van der Waals surface area contributed by atoms with Gasteiger partial charge in [-0.3, -0.25) is 9.59 Å². The lowest BCUT2D eigenvalue weighted by molar-refractivity contribution is -0.137. The minimum Gasteiger partial charge on any atom is -0.480 e. The lowest BCUT2D eigenvalue weighted by Crippen LogP contribution is -2.43. The molecule has 1 aliphatic heterocycles. The molecule has 2 heterocycles. The Hall–Kier alpha value is -2.40. The molecule has 0 aliphatic carbocycles. The summed E-state index contributed by atoms with van der Waals surface area (Å²) in [6, 6.07) is 0.189. The summed E-state index contributed by atoms with van der Waals surface area (Å²) in [6.07, 6.45) is 6.63. The van der Waals surface area contributed by atoms with E-state index in [1.54, 1.807) is 4.68 Å². The van der Waals surface area contributed by atoms with Gasteiger partial charge in [0.2, 0.25) is 0 Å². The molecule has 1 aromatic heterocycles. The second-order valence-electron chi connectivity index (χ2n) is 4.15. The summed E-state index contributed by atoms with van der Waals surface area (Å²) in [4.78, 5) is 23.8. The van der Waals surface area contributed by atoms with Crippen molar-refractivity contribution in [2.75, 3.05) is 26.2 Å². The number of rotatable bonds is 5. The third-order valence-corrected chi connectivity index (χ3v) is 2.76. The van der Waals surface area contributed by atoms with Crippen molar-refractivity contribution in [3.63, 3.8) is 0 Å². The Morgan fingerprint density at radius 1 is 1.63 bits per heavy atom. The van der Waals surface area contributed by atoms with Crippen LogP contribution in [0.5, 0.6) is 0 Å². The van der Waals surface area contributed by atoms with Gasteiger partial charge in [-0.1, -0.05) is 11.1 Å². The van der Waals surface area contributed by atoms with Crippen molar-refractivity contribution in [3.8, 4) is 12.3 Å². The summed E-state index contributed by atoms with van der Waals surface area (Å²) in [5.41, 5.74) is 0.100. The number of nitrogens with one attached hydrogen (secondary N) is 1. The number of aromatic nitrogens is 3. The highest BCUT2D eigenvalue weighted by atomic mass is 16.4. The highest BCUT2D eigenvalue weighted by molar-refractivity contribution is 5.94. The van der Waals surface area contributed by atoms with Crippen LogP contribution in [0, 0.1) is 12.3 Å². The molecule has 0 unspecified atom stereocenters. The van der Waals surface area contributed by atoms with Crippen LogP contribution in [-0.4, -0.2) is 63.1 Å². The molecule has 100 valence electrons. The molecular formula is C11H13N5O3. The molecule has 8 nitrogen and oxygen atoms in total.